The van der Waals surface area contributed by atoms with E-state index in [-0.39, 0.29) is 12.5 Å². The third-order valence-corrected chi connectivity index (χ3v) is 4.36. The van der Waals surface area contributed by atoms with Crippen LogP contribution in [0.25, 0.3) is 16.9 Å². The molecule has 1 amide bonds. The smallest absolute Gasteiger partial charge is 0.251 e. The summed E-state index contributed by atoms with van der Waals surface area (Å²) in [4.78, 5) is 12.3. The van der Waals surface area contributed by atoms with E-state index in [1.165, 1.54) is 5.56 Å². The molecule has 7 nitrogen and oxygen atoms in total. The van der Waals surface area contributed by atoms with Crippen molar-refractivity contribution < 1.29 is 4.79 Å². The molecule has 2 aromatic heterocycles. The Kier molecular flexibility index (Phi) is 4.52. The summed E-state index contributed by atoms with van der Waals surface area (Å²) in [5.41, 5.74) is 4.56. The van der Waals surface area contributed by atoms with Crippen molar-refractivity contribution >= 4 is 11.6 Å². The summed E-state index contributed by atoms with van der Waals surface area (Å²) in [5, 5.41) is 24.5. The van der Waals surface area contributed by atoms with Gasteiger partial charge in [-0.1, -0.05) is 29.8 Å². The van der Waals surface area contributed by atoms with Crippen molar-refractivity contribution in [2.45, 2.75) is 13.5 Å². The first-order valence-corrected chi connectivity index (χ1v) is 8.71. The second-order valence-corrected chi connectivity index (χ2v) is 6.34. The first-order valence-electron chi connectivity index (χ1n) is 8.71. The molecule has 0 saturated carbocycles. The Balaban J connectivity index is 1.55. The van der Waals surface area contributed by atoms with Gasteiger partial charge in [-0.15, -0.1) is 10.2 Å². The molecule has 0 radical (unpaired) electrons. The Hall–Kier alpha value is -4.05. The molecule has 0 aliphatic heterocycles. The van der Waals surface area contributed by atoms with Crippen LogP contribution in [-0.2, 0) is 6.54 Å². The first-order chi connectivity index (χ1) is 13.6. The maximum absolute atomic E-state index is 12.3. The standard InChI is InChI=1S/C21H16N6O/c1-14-2-6-16(7-3-14)18-10-11-19-24-25-20(27(19)26-18)13-23-21(28)17-8-4-15(12-22)5-9-17/h2-11H,13H2,1H3,(H,23,28). The molecule has 0 fully saturated rings. The second kappa shape index (κ2) is 7.29. The summed E-state index contributed by atoms with van der Waals surface area (Å²) in [5.74, 6) is 0.280. The lowest BCUT2D eigenvalue weighted by atomic mass is 10.1. The molecule has 1 N–H and O–H groups in total. The van der Waals surface area contributed by atoms with Gasteiger partial charge in [-0.3, -0.25) is 4.79 Å². The van der Waals surface area contributed by atoms with Gasteiger partial charge in [-0.05, 0) is 43.3 Å². The zero-order valence-electron chi connectivity index (χ0n) is 15.1. The highest BCUT2D eigenvalue weighted by Crippen LogP contribution is 2.18. The molecule has 0 atom stereocenters. The Morgan fingerprint density at radius 3 is 2.50 bits per heavy atom. The van der Waals surface area contributed by atoms with Gasteiger partial charge < -0.3 is 5.32 Å². The molecule has 0 aliphatic rings. The van der Waals surface area contributed by atoms with Crippen LogP contribution in [0.3, 0.4) is 0 Å². The van der Waals surface area contributed by atoms with E-state index in [0.717, 1.165) is 11.3 Å². The zero-order chi connectivity index (χ0) is 19.5. The largest absolute Gasteiger partial charge is 0.345 e. The molecule has 4 aromatic rings. The lowest BCUT2D eigenvalue weighted by Crippen LogP contribution is -2.24. The second-order valence-electron chi connectivity index (χ2n) is 6.34. The van der Waals surface area contributed by atoms with Gasteiger partial charge in [-0.2, -0.15) is 14.9 Å². The van der Waals surface area contributed by atoms with Gasteiger partial charge in [0.2, 0.25) is 0 Å². The van der Waals surface area contributed by atoms with Crippen molar-refractivity contribution in [2.24, 2.45) is 0 Å². The van der Waals surface area contributed by atoms with E-state index in [2.05, 4.69) is 20.6 Å². The van der Waals surface area contributed by atoms with Gasteiger partial charge in [0, 0.05) is 11.1 Å². The molecular weight excluding hydrogens is 352 g/mol. The molecule has 2 heterocycles. The minimum absolute atomic E-state index is 0.185. The van der Waals surface area contributed by atoms with Crippen LogP contribution in [0.15, 0.2) is 60.7 Å². The van der Waals surface area contributed by atoms with E-state index in [9.17, 15) is 4.79 Å². The van der Waals surface area contributed by atoms with Crippen molar-refractivity contribution in [1.29, 1.82) is 5.26 Å². The fourth-order valence-corrected chi connectivity index (χ4v) is 2.78. The number of aryl methyl sites for hydroxylation is 1. The minimum Gasteiger partial charge on any atom is -0.345 e. The van der Waals surface area contributed by atoms with Crippen molar-refractivity contribution in [1.82, 2.24) is 25.1 Å². The number of nitrogens with one attached hydrogen (secondary N) is 1. The Bertz CT molecular complexity index is 1190. The highest BCUT2D eigenvalue weighted by atomic mass is 16.1. The van der Waals surface area contributed by atoms with Gasteiger partial charge in [0.15, 0.2) is 11.5 Å². The minimum atomic E-state index is -0.254. The zero-order valence-corrected chi connectivity index (χ0v) is 15.1. The van der Waals surface area contributed by atoms with Crippen molar-refractivity contribution in [3.63, 3.8) is 0 Å². The van der Waals surface area contributed by atoms with E-state index < -0.39 is 0 Å². The highest BCUT2D eigenvalue weighted by Gasteiger charge is 2.11. The fraction of sp³-hybridized carbons (Fsp3) is 0.0952. The number of benzene rings is 2. The molecule has 0 aliphatic carbocycles. The average molecular weight is 368 g/mol. The first kappa shape index (κ1) is 17.4. The molecule has 0 unspecified atom stereocenters. The van der Waals surface area contributed by atoms with Crippen LogP contribution < -0.4 is 5.32 Å². The van der Waals surface area contributed by atoms with E-state index in [1.807, 2.05) is 49.4 Å². The van der Waals surface area contributed by atoms with Crippen LogP contribution in [0.4, 0.5) is 0 Å². The van der Waals surface area contributed by atoms with Gasteiger partial charge in [0.05, 0.1) is 23.9 Å². The number of rotatable bonds is 4. The summed E-state index contributed by atoms with van der Waals surface area (Å²) in [7, 11) is 0. The summed E-state index contributed by atoms with van der Waals surface area (Å²) in [6.07, 6.45) is 0. The maximum Gasteiger partial charge on any atom is 0.251 e. The molecule has 4 rings (SSSR count). The number of fused-ring (bicyclic) bond motifs is 1. The summed E-state index contributed by atoms with van der Waals surface area (Å²) in [6, 6.07) is 20.3. The summed E-state index contributed by atoms with van der Waals surface area (Å²) < 4.78 is 1.63. The highest BCUT2D eigenvalue weighted by molar-refractivity contribution is 5.94. The number of nitrogens with zero attached hydrogens (tertiary/aromatic N) is 5. The normalized spacial score (nSPS) is 10.6. The predicted octanol–water partition coefficient (Wildman–Crippen LogP) is 2.90. The lowest BCUT2D eigenvalue weighted by molar-refractivity contribution is 0.0949. The van der Waals surface area contributed by atoms with Crippen LogP contribution in [0.1, 0.15) is 27.3 Å². The molecule has 0 spiro atoms. The topological polar surface area (TPSA) is 96.0 Å². The van der Waals surface area contributed by atoms with Crippen LogP contribution in [0, 0.1) is 18.3 Å². The van der Waals surface area contributed by atoms with Gasteiger partial charge in [0.25, 0.3) is 5.91 Å². The third-order valence-electron chi connectivity index (χ3n) is 4.36. The number of hydrogen-bond acceptors (Lipinski definition) is 5. The molecule has 7 heteroatoms. The average Bonchev–Trinajstić information content (AvgIpc) is 3.15. The van der Waals surface area contributed by atoms with Gasteiger partial charge in [-0.25, -0.2) is 0 Å². The summed E-state index contributed by atoms with van der Waals surface area (Å²) >= 11 is 0. The molecule has 0 saturated heterocycles. The number of carbonyl (C=O) groups excluding carboxylic acids is 1. The number of nitriles is 1. The Morgan fingerprint density at radius 1 is 1.04 bits per heavy atom. The van der Waals surface area contributed by atoms with Crippen LogP contribution in [0.2, 0.25) is 0 Å². The van der Waals surface area contributed by atoms with E-state index in [1.54, 1.807) is 28.8 Å². The maximum atomic E-state index is 12.3. The quantitative estimate of drug-likeness (QED) is 0.597. The van der Waals surface area contributed by atoms with E-state index in [0.29, 0.717) is 22.6 Å². The number of carbonyl (C=O) groups is 1. The van der Waals surface area contributed by atoms with E-state index >= 15 is 0 Å². The molecule has 0 bridgehead atoms. The monoisotopic (exact) mass is 368 g/mol. The molecule has 136 valence electrons. The number of aromatic nitrogens is 4. The Labute approximate surface area is 161 Å². The molecular formula is C21H16N6O. The van der Waals surface area contributed by atoms with Crippen molar-refractivity contribution in [3.8, 4) is 17.3 Å². The molecule has 2 aromatic carbocycles. The lowest BCUT2D eigenvalue weighted by Gasteiger charge is -2.06. The van der Waals surface area contributed by atoms with Crippen molar-refractivity contribution in [3.05, 3.63) is 83.2 Å². The van der Waals surface area contributed by atoms with Crippen LogP contribution >= 0.6 is 0 Å². The number of hydrogen-bond donors (Lipinski definition) is 1. The van der Waals surface area contributed by atoms with Gasteiger partial charge in [0.1, 0.15) is 0 Å². The SMILES string of the molecule is Cc1ccc(-c2ccc3nnc(CNC(=O)c4ccc(C#N)cc4)n3n2)cc1. The predicted molar refractivity (Wildman–Crippen MR) is 103 cm³/mol. The van der Waals surface area contributed by atoms with Crippen molar-refractivity contribution in [2.75, 3.05) is 0 Å². The summed E-state index contributed by atoms with van der Waals surface area (Å²) in [6.45, 7) is 2.22. The van der Waals surface area contributed by atoms with Gasteiger partial charge >= 0.3 is 0 Å². The van der Waals surface area contributed by atoms with E-state index in [4.69, 9.17) is 5.26 Å². The Morgan fingerprint density at radius 2 is 1.79 bits per heavy atom. The van der Waals surface area contributed by atoms with Crippen LogP contribution in [-0.4, -0.2) is 25.7 Å². The number of amides is 1. The van der Waals surface area contributed by atoms with Crippen LogP contribution in [0.5, 0.6) is 0 Å². The third kappa shape index (κ3) is 3.44. The molecule has 28 heavy (non-hydrogen) atoms. The fourth-order valence-electron chi connectivity index (χ4n) is 2.78.